The number of hydrogen-bond acceptors (Lipinski definition) is 8. The number of aliphatic hydroxyl groups is 2. The molecule has 0 aliphatic heterocycles. The lowest BCUT2D eigenvalue weighted by Crippen LogP contribution is -2.69. The summed E-state index contributed by atoms with van der Waals surface area (Å²) in [6, 6.07) is 30.7. The van der Waals surface area contributed by atoms with Gasteiger partial charge in [-0.3, -0.25) is 0 Å². The molecule has 0 amide bonds. The lowest BCUT2D eigenvalue weighted by atomic mass is 10.1. The summed E-state index contributed by atoms with van der Waals surface area (Å²) in [4.78, 5) is 47.8. The van der Waals surface area contributed by atoms with Crippen LogP contribution >= 0.6 is 0 Å². The predicted molar refractivity (Wildman–Crippen MR) is 196 cm³/mol. The second-order valence-corrected chi connectivity index (χ2v) is 11.5. The van der Waals surface area contributed by atoms with Gasteiger partial charge in [0, 0.05) is 47.0 Å². The Morgan fingerprint density at radius 3 is 1.11 bits per heavy atom. The molecule has 0 fully saturated rings. The highest BCUT2D eigenvalue weighted by molar-refractivity contribution is 5.84. The maximum atomic E-state index is 10.6. The molecule has 55 heavy (non-hydrogen) atoms. The summed E-state index contributed by atoms with van der Waals surface area (Å²) in [6.45, 7) is 0. The lowest BCUT2D eigenvalue weighted by Gasteiger charge is -2.07. The highest BCUT2D eigenvalue weighted by Gasteiger charge is 2.15. The first-order valence-electron chi connectivity index (χ1n) is 15.9. The molecule has 2 heterocycles. The normalized spacial score (nSPS) is 12.0. The Labute approximate surface area is 314 Å². The van der Waals surface area contributed by atoms with Crippen molar-refractivity contribution < 1.29 is 77.7 Å². The van der Waals surface area contributed by atoms with Crippen molar-refractivity contribution >= 4 is 45.7 Å². The molecule has 18 N–H and O–H groups in total. The number of rotatable bonds is 10. The van der Waals surface area contributed by atoms with Crippen LogP contribution in [0.2, 0.25) is 0 Å². The van der Waals surface area contributed by atoms with Crippen molar-refractivity contribution in [2.45, 2.75) is 37.1 Å². The molecule has 0 saturated carbocycles. The van der Waals surface area contributed by atoms with Crippen LogP contribution in [0.15, 0.2) is 122 Å². The second-order valence-electron chi connectivity index (χ2n) is 11.5. The molecule has 0 unspecified atom stereocenters. The summed E-state index contributed by atoms with van der Waals surface area (Å²) in [7, 11) is 0. The average molecular weight is 767 g/mol. The van der Waals surface area contributed by atoms with E-state index in [1.54, 1.807) is 60.7 Å². The van der Waals surface area contributed by atoms with E-state index >= 15 is 0 Å². The maximum Gasteiger partial charge on any atom is 0.337 e. The topological polar surface area (TPSA) is 377 Å². The zero-order chi connectivity index (χ0) is 38.2. The van der Waals surface area contributed by atoms with E-state index in [1.165, 1.54) is 0 Å². The van der Waals surface area contributed by atoms with Crippen LogP contribution in [0.5, 0.6) is 0 Å². The van der Waals surface area contributed by atoms with Gasteiger partial charge in [0.25, 0.3) is 0 Å². The molecule has 4 atom stereocenters. The smallest absolute Gasteiger partial charge is 0.337 e. The lowest BCUT2D eigenvalue weighted by molar-refractivity contribution is -0.436. The molecule has 0 saturated heterocycles. The van der Waals surface area contributed by atoms with Crippen LogP contribution in [-0.4, -0.2) is 82.8 Å². The summed E-state index contributed by atoms with van der Waals surface area (Å²) in [6.07, 6.45) is 1.63. The number of nitrogens with one attached hydrogen (secondary N) is 2. The van der Waals surface area contributed by atoms with Crippen molar-refractivity contribution in [3.63, 3.8) is 0 Å². The minimum atomic E-state index is -1.41. The van der Waals surface area contributed by atoms with Crippen LogP contribution in [0.25, 0.3) is 21.8 Å². The van der Waals surface area contributed by atoms with Crippen molar-refractivity contribution in [1.29, 1.82) is 0 Å². The van der Waals surface area contributed by atoms with Gasteiger partial charge in [0.2, 0.25) is 0 Å². The molecule has 6 aromatic rings. The molecule has 0 spiro atoms. The fraction of sp³-hybridized carbons (Fsp3) is 0.158. The van der Waals surface area contributed by atoms with E-state index in [1.807, 2.05) is 60.9 Å². The Bertz CT molecular complexity index is 1910. The van der Waals surface area contributed by atoms with Gasteiger partial charge < -0.3 is 78.1 Å². The first-order chi connectivity index (χ1) is 24.8. The fourth-order valence-corrected chi connectivity index (χ4v) is 4.85. The Morgan fingerprint density at radius 1 is 0.527 bits per heavy atom. The summed E-state index contributed by atoms with van der Waals surface area (Å²) >= 11 is 0. The van der Waals surface area contributed by atoms with Crippen LogP contribution in [0.3, 0.4) is 0 Å². The molecule has 6 rings (SSSR count). The number of aliphatic hydroxyl groups excluding tert-OH is 2. The maximum absolute atomic E-state index is 10.6. The number of carbonyl (C=O) groups is 4. The third-order valence-corrected chi connectivity index (χ3v) is 7.65. The van der Waals surface area contributed by atoms with Crippen LogP contribution in [0.4, 0.5) is 0 Å². The van der Waals surface area contributed by atoms with Gasteiger partial charge >= 0.3 is 11.9 Å². The van der Waals surface area contributed by atoms with E-state index in [4.69, 9.17) is 20.4 Å². The number of carboxylic acid groups (broad SMARTS) is 4. The van der Waals surface area contributed by atoms with E-state index < -0.39 is 48.2 Å². The SMILES string of the molecule is O.O.O.O=C(O)[C@H](O)c1ccccc1.O=C(O)[C@H](O)c1ccccc1.[NH3+][C@@H](Cc1c[nH]c2ccccc12)C(=O)[O-].[NH3+][C@@H](Cc1c[nH]c2ccccc12)C(=O)[O-]. The van der Waals surface area contributed by atoms with E-state index in [0.717, 1.165) is 32.9 Å². The van der Waals surface area contributed by atoms with Gasteiger partial charge in [0.1, 0.15) is 12.1 Å². The van der Waals surface area contributed by atoms with E-state index in [0.29, 0.717) is 24.0 Å². The summed E-state index contributed by atoms with van der Waals surface area (Å²) in [5.41, 5.74) is 11.9. The summed E-state index contributed by atoms with van der Waals surface area (Å²) < 4.78 is 0. The minimum absolute atomic E-state index is 0. The number of carbonyl (C=O) groups excluding carboxylic acids is 2. The number of para-hydroxylation sites is 2. The van der Waals surface area contributed by atoms with Crippen LogP contribution in [0.1, 0.15) is 34.5 Å². The van der Waals surface area contributed by atoms with Gasteiger partial charge in [-0.2, -0.15) is 0 Å². The van der Waals surface area contributed by atoms with E-state index in [2.05, 4.69) is 21.4 Å². The van der Waals surface area contributed by atoms with Gasteiger partial charge in [-0.1, -0.05) is 97.1 Å². The molecule has 17 nitrogen and oxygen atoms in total. The van der Waals surface area contributed by atoms with Crippen LogP contribution < -0.4 is 21.7 Å². The van der Waals surface area contributed by atoms with Crippen molar-refractivity contribution in [3.05, 3.63) is 144 Å². The number of hydrogen-bond donors (Lipinski definition) is 8. The van der Waals surface area contributed by atoms with Crippen LogP contribution in [-0.2, 0) is 32.0 Å². The van der Waals surface area contributed by atoms with E-state index in [-0.39, 0.29) is 16.4 Å². The highest BCUT2D eigenvalue weighted by Crippen LogP contribution is 2.19. The first kappa shape index (κ1) is 48.6. The molecule has 2 aromatic heterocycles. The van der Waals surface area contributed by atoms with Crippen molar-refractivity contribution in [1.82, 2.24) is 9.97 Å². The average Bonchev–Trinajstić information content (AvgIpc) is 3.76. The number of fused-ring (bicyclic) bond motifs is 2. The quantitative estimate of drug-likeness (QED) is 0.0712. The predicted octanol–water partition coefficient (Wildman–Crippen LogP) is -2.72. The number of carboxylic acids is 4. The number of aromatic amines is 2. The molecular formula is C38H46N4O13. The van der Waals surface area contributed by atoms with Gasteiger partial charge in [-0.25, -0.2) is 9.59 Å². The number of quaternary nitrogens is 2. The molecule has 17 heteroatoms. The Kier molecular flexibility index (Phi) is 21.2. The largest absolute Gasteiger partial charge is 0.544 e. The number of aromatic nitrogens is 2. The van der Waals surface area contributed by atoms with Gasteiger partial charge in [0.05, 0.1) is 11.9 Å². The zero-order valence-electron chi connectivity index (χ0n) is 29.4. The number of aliphatic carboxylic acids is 4. The van der Waals surface area contributed by atoms with Gasteiger partial charge in [-0.05, 0) is 34.4 Å². The molecule has 296 valence electrons. The Morgan fingerprint density at radius 2 is 0.818 bits per heavy atom. The molecule has 4 aromatic carbocycles. The molecule has 0 bridgehead atoms. The molecule has 0 aliphatic rings. The van der Waals surface area contributed by atoms with Crippen molar-refractivity contribution in [2.24, 2.45) is 0 Å². The Hall–Kier alpha value is -6.44. The highest BCUT2D eigenvalue weighted by atomic mass is 16.4. The standard InChI is InChI=1S/2C11H12N2O2.2C8H8O3.3H2O/c2*12-9(11(14)15)5-7-6-13-10-4-2-1-3-8(7)10;2*9-7(8(10)11)6-4-2-1-3-5-6;;;/h2*1-4,6,9,13H,5,12H2,(H,14,15);2*1-5,7,9H,(H,10,11);3*1H2/t2*9-;2*7-;;;/m0011.../s1. The first-order valence-corrected chi connectivity index (χ1v) is 15.9. The minimum Gasteiger partial charge on any atom is -0.544 e. The molecule has 0 radical (unpaired) electrons. The summed E-state index contributed by atoms with van der Waals surface area (Å²) in [5.74, 6) is -4.67. The summed E-state index contributed by atoms with van der Waals surface area (Å²) in [5, 5.41) is 58.0. The van der Waals surface area contributed by atoms with Crippen LogP contribution in [0, 0.1) is 0 Å². The Balaban J connectivity index is 0.000000702. The third-order valence-electron chi connectivity index (χ3n) is 7.65. The fourth-order valence-electron chi connectivity index (χ4n) is 4.85. The van der Waals surface area contributed by atoms with Gasteiger partial charge in [-0.15, -0.1) is 0 Å². The van der Waals surface area contributed by atoms with Gasteiger partial charge in [0.15, 0.2) is 12.2 Å². The third kappa shape index (κ3) is 14.8. The molecule has 0 aliphatic carbocycles. The molecular weight excluding hydrogens is 720 g/mol. The zero-order valence-corrected chi connectivity index (χ0v) is 29.4. The number of H-pyrrole nitrogens is 2. The monoisotopic (exact) mass is 766 g/mol. The number of benzene rings is 4. The van der Waals surface area contributed by atoms with E-state index in [9.17, 15) is 29.4 Å². The van der Waals surface area contributed by atoms with Crippen molar-refractivity contribution in [2.75, 3.05) is 0 Å². The second kappa shape index (κ2) is 24.0. The van der Waals surface area contributed by atoms with Crippen molar-refractivity contribution in [3.8, 4) is 0 Å².